The van der Waals surface area contributed by atoms with Crippen molar-refractivity contribution in [3.05, 3.63) is 35.4 Å². The van der Waals surface area contributed by atoms with Gasteiger partial charge in [0.15, 0.2) is 0 Å². The Bertz CT molecular complexity index is 535. The molecular formula is C16H20N2O2. The zero-order valence-corrected chi connectivity index (χ0v) is 11.8. The van der Waals surface area contributed by atoms with Crippen LogP contribution >= 0.6 is 0 Å². The van der Waals surface area contributed by atoms with Gasteiger partial charge in [-0.15, -0.1) is 0 Å². The van der Waals surface area contributed by atoms with Gasteiger partial charge >= 0.3 is 0 Å². The van der Waals surface area contributed by atoms with E-state index in [0.717, 1.165) is 31.5 Å². The predicted molar refractivity (Wildman–Crippen MR) is 76.0 cm³/mol. The Balaban J connectivity index is 1.88. The Labute approximate surface area is 119 Å². The van der Waals surface area contributed by atoms with Gasteiger partial charge in [0.1, 0.15) is 6.04 Å². The molecule has 0 radical (unpaired) electrons. The van der Waals surface area contributed by atoms with Gasteiger partial charge in [-0.2, -0.15) is 0 Å². The number of nitrogens with zero attached hydrogens (tertiary/aromatic N) is 2. The van der Waals surface area contributed by atoms with Crippen LogP contribution in [0.1, 0.15) is 30.9 Å². The van der Waals surface area contributed by atoms with Crippen LogP contribution in [0.15, 0.2) is 24.3 Å². The van der Waals surface area contributed by atoms with Crippen LogP contribution in [0.25, 0.3) is 0 Å². The minimum atomic E-state index is -0.319. The van der Waals surface area contributed by atoms with Crippen molar-refractivity contribution in [2.75, 3.05) is 13.1 Å². The van der Waals surface area contributed by atoms with E-state index >= 15 is 0 Å². The zero-order valence-electron chi connectivity index (χ0n) is 11.8. The van der Waals surface area contributed by atoms with Crippen LogP contribution < -0.4 is 0 Å². The molecule has 0 saturated carbocycles. The quantitative estimate of drug-likeness (QED) is 0.779. The smallest absolute Gasteiger partial charge is 0.245 e. The summed E-state index contributed by atoms with van der Waals surface area (Å²) in [6, 6.07) is 7.78. The number of fused-ring (bicyclic) bond motifs is 1. The zero-order chi connectivity index (χ0) is 14.1. The standard InChI is InChI=1S/C16H20N2O2/c1-12(19)18-11-14-7-3-2-6-13(14)10-15(18)16(20)17-8-4-5-9-17/h2-3,6-7,15H,4-5,8-11H2,1H3/t15-/m0/s1. The maximum atomic E-state index is 12.7. The van der Waals surface area contributed by atoms with Gasteiger partial charge in [-0.1, -0.05) is 24.3 Å². The molecule has 4 nitrogen and oxygen atoms in total. The fraction of sp³-hybridized carbons (Fsp3) is 0.500. The third-order valence-corrected chi connectivity index (χ3v) is 4.36. The second-order valence-corrected chi connectivity index (χ2v) is 5.67. The maximum Gasteiger partial charge on any atom is 0.245 e. The number of carbonyl (C=O) groups is 2. The van der Waals surface area contributed by atoms with Crippen molar-refractivity contribution in [1.82, 2.24) is 9.80 Å². The molecule has 3 rings (SSSR count). The second-order valence-electron chi connectivity index (χ2n) is 5.67. The fourth-order valence-corrected chi connectivity index (χ4v) is 3.22. The largest absolute Gasteiger partial charge is 0.341 e. The lowest BCUT2D eigenvalue weighted by atomic mass is 9.93. The van der Waals surface area contributed by atoms with E-state index in [1.807, 2.05) is 23.1 Å². The van der Waals surface area contributed by atoms with Crippen LogP contribution in [-0.4, -0.2) is 40.7 Å². The minimum Gasteiger partial charge on any atom is -0.341 e. The van der Waals surface area contributed by atoms with Gasteiger partial charge in [-0.3, -0.25) is 9.59 Å². The summed E-state index contributed by atoms with van der Waals surface area (Å²) in [7, 11) is 0. The van der Waals surface area contributed by atoms with E-state index in [2.05, 4.69) is 6.07 Å². The summed E-state index contributed by atoms with van der Waals surface area (Å²) >= 11 is 0. The van der Waals surface area contributed by atoms with Crippen molar-refractivity contribution in [3.63, 3.8) is 0 Å². The molecule has 0 aromatic heterocycles. The van der Waals surface area contributed by atoms with E-state index in [-0.39, 0.29) is 17.9 Å². The molecule has 1 aromatic rings. The number of hydrogen-bond acceptors (Lipinski definition) is 2. The van der Waals surface area contributed by atoms with E-state index in [0.29, 0.717) is 13.0 Å². The molecule has 2 amide bonds. The lowest BCUT2D eigenvalue weighted by molar-refractivity contribution is -0.145. The van der Waals surface area contributed by atoms with Gasteiger partial charge in [0.05, 0.1) is 0 Å². The molecule has 0 unspecified atom stereocenters. The molecule has 0 N–H and O–H groups in total. The number of carbonyl (C=O) groups excluding carboxylic acids is 2. The van der Waals surface area contributed by atoms with Gasteiger partial charge in [0.25, 0.3) is 0 Å². The van der Waals surface area contributed by atoms with Crippen LogP contribution in [0, 0.1) is 0 Å². The van der Waals surface area contributed by atoms with E-state index in [1.165, 1.54) is 5.56 Å². The molecule has 1 aromatic carbocycles. The second kappa shape index (κ2) is 5.27. The average Bonchev–Trinajstić information content (AvgIpc) is 2.99. The van der Waals surface area contributed by atoms with Crippen molar-refractivity contribution in [2.45, 2.75) is 38.8 Å². The molecule has 2 heterocycles. The first-order chi connectivity index (χ1) is 9.66. The third-order valence-electron chi connectivity index (χ3n) is 4.36. The lowest BCUT2D eigenvalue weighted by Crippen LogP contribution is -2.52. The maximum absolute atomic E-state index is 12.7. The van der Waals surface area contributed by atoms with Crippen LogP contribution in [0.2, 0.25) is 0 Å². The Hall–Kier alpha value is -1.84. The van der Waals surface area contributed by atoms with Crippen LogP contribution in [-0.2, 0) is 22.6 Å². The molecule has 2 aliphatic rings. The van der Waals surface area contributed by atoms with Crippen molar-refractivity contribution in [3.8, 4) is 0 Å². The SMILES string of the molecule is CC(=O)N1Cc2ccccc2C[C@H]1C(=O)N1CCCC1. The number of amides is 2. The molecule has 4 heteroatoms. The Morgan fingerprint density at radius 3 is 2.40 bits per heavy atom. The summed E-state index contributed by atoms with van der Waals surface area (Å²) in [6.07, 6.45) is 2.80. The molecule has 2 aliphatic heterocycles. The number of rotatable bonds is 1. The Morgan fingerprint density at radius 1 is 1.10 bits per heavy atom. The molecular weight excluding hydrogens is 252 g/mol. The van der Waals surface area contributed by atoms with Gasteiger partial charge in [0.2, 0.25) is 11.8 Å². The highest BCUT2D eigenvalue weighted by Gasteiger charge is 2.36. The highest BCUT2D eigenvalue weighted by atomic mass is 16.2. The van der Waals surface area contributed by atoms with Crippen molar-refractivity contribution < 1.29 is 9.59 Å². The van der Waals surface area contributed by atoms with Crippen LogP contribution in [0.3, 0.4) is 0 Å². The summed E-state index contributed by atoms with van der Waals surface area (Å²) in [4.78, 5) is 28.2. The molecule has 1 saturated heterocycles. The van der Waals surface area contributed by atoms with Crippen LogP contribution in [0.5, 0.6) is 0 Å². The van der Waals surface area contributed by atoms with Crippen molar-refractivity contribution in [1.29, 1.82) is 0 Å². The molecule has 1 fully saturated rings. The van der Waals surface area contributed by atoms with Gasteiger partial charge in [0, 0.05) is 33.0 Å². The molecule has 0 aliphatic carbocycles. The summed E-state index contributed by atoms with van der Waals surface area (Å²) in [5.41, 5.74) is 2.36. The Kier molecular flexibility index (Phi) is 3.47. The van der Waals surface area contributed by atoms with E-state index in [1.54, 1.807) is 11.8 Å². The number of likely N-dealkylation sites (tertiary alicyclic amines) is 1. The molecule has 1 atom stereocenters. The molecule has 106 valence electrons. The Morgan fingerprint density at radius 2 is 1.75 bits per heavy atom. The minimum absolute atomic E-state index is 0.0166. The van der Waals surface area contributed by atoms with Gasteiger partial charge in [-0.05, 0) is 24.0 Å². The monoisotopic (exact) mass is 272 g/mol. The van der Waals surface area contributed by atoms with Crippen LogP contribution in [0.4, 0.5) is 0 Å². The normalized spacial score (nSPS) is 21.8. The van der Waals surface area contributed by atoms with Gasteiger partial charge in [-0.25, -0.2) is 0 Å². The first-order valence-electron chi connectivity index (χ1n) is 7.29. The lowest BCUT2D eigenvalue weighted by Gasteiger charge is -2.37. The number of benzene rings is 1. The molecule has 20 heavy (non-hydrogen) atoms. The van der Waals surface area contributed by atoms with E-state index in [9.17, 15) is 9.59 Å². The van der Waals surface area contributed by atoms with Crippen molar-refractivity contribution in [2.24, 2.45) is 0 Å². The van der Waals surface area contributed by atoms with Crippen molar-refractivity contribution >= 4 is 11.8 Å². The summed E-state index contributed by atoms with van der Waals surface area (Å²) < 4.78 is 0. The molecule has 0 spiro atoms. The topological polar surface area (TPSA) is 40.6 Å². The molecule has 0 bridgehead atoms. The number of hydrogen-bond donors (Lipinski definition) is 0. The summed E-state index contributed by atoms with van der Waals surface area (Å²) in [5, 5.41) is 0. The first-order valence-corrected chi connectivity index (χ1v) is 7.29. The van der Waals surface area contributed by atoms with Gasteiger partial charge < -0.3 is 9.80 Å². The highest BCUT2D eigenvalue weighted by Crippen LogP contribution is 2.25. The highest BCUT2D eigenvalue weighted by molar-refractivity contribution is 5.88. The predicted octanol–water partition coefficient (Wildman–Crippen LogP) is 1.58. The van der Waals surface area contributed by atoms with E-state index < -0.39 is 0 Å². The van der Waals surface area contributed by atoms with E-state index in [4.69, 9.17) is 0 Å². The summed E-state index contributed by atoms with van der Waals surface area (Å²) in [5.74, 6) is 0.101. The average molecular weight is 272 g/mol. The fourth-order valence-electron chi connectivity index (χ4n) is 3.22. The third kappa shape index (κ3) is 2.30. The summed E-state index contributed by atoms with van der Waals surface area (Å²) in [6.45, 7) is 3.78. The first kappa shape index (κ1) is 13.2.